The van der Waals surface area contributed by atoms with Gasteiger partial charge in [-0.15, -0.1) is 0 Å². The Bertz CT molecular complexity index is 1030. The van der Waals surface area contributed by atoms with Gasteiger partial charge in [0.1, 0.15) is 18.1 Å². The van der Waals surface area contributed by atoms with Gasteiger partial charge in [-0.25, -0.2) is 0 Å². The molecular formula is C24H29N3O5. The minimum Gasteiger partial charge on any atom is -0.507 e. The van der Waals surface area contributed by atoms with Crippen LogP contribution in [-0.2, 0) is 14.3 Å². The fourth-order valence-corrected chi connectivity index (χ4v) is 4.43. The topological polar surface area (TPSA) is 112 Å². The zero-order valence-electron chi connectivity index (χ0n) is 18.2. The number of carbonyl (C=O) groups is 2. The van der Waals surface area contributed by atoms with Gasteiger partial charge in [0.2, 0.25) is 11.8 Å². The van der Waals surface area contributed by atoms with Gasteiger partial charge >= 0.3 is 0 Å². The molecule has 2 saturated heterocycles. The van der Waals surface area contributed by atoms with E-state index in [0.29, 0.717) is 29.3 Å². The van der Waals surface area contributed by atoms with E-state index in [0.717, 1.165) is 38.0 Å². The number of likely N-dealkylation sites (N-methyl/N-ethyl adjacent to an activating group) is 1. The summed E-state index contributed by atoms with van der Waals surface area (Å²) in [5.41, 5.74) is 0.340. The van der Waals surface area contributed by atoms with E-state index in [4.69, 9.17) is 14.9 Å². The second-order valence-corrected chi connectivity index (χ2v) is 8.43. The van der Waals surface area contributed by atoms with E-state index in [2.05, 4.69) is 17.3 Å². The maximum atomic E-state index is 12.2. The molecule has 2 fully saturated rings. The number of imide groups is 1. The highest BCUT2D eigenvalue weighted by Gasteiger charge is 2.32. The van der Waals surface area contributed by atoms with Gasteiger partial charge in [0.25, 0.3) is 0 Å². The highest BCUT2D eigenvalue weighted by molar-refractivity contribution is 6.21. The summed E-state index contributed by atoms with van der Waals surface area (Å²) in [5, 5.41) is 22.8. The number of aromatic hydroxyl groups is 1. The Morgan fingerprint density at radius 3 is 2.75 bits per heavy atom. The van der Waals surface area contributed by atoms with Crippen LogP contribution in [0.2, 0.25) is 0 Å². The molecule has 4 rings (SSSR count). The molecule has 2 heterocycles. The number of carbonyl (C=O) groups excluding carboxylic acids is 2. The molecule has 2 aliphatic rings. The molecule has 0 saturated carbocycles. The van der Waals surface area contributed by atoms with Crippen LogP contribution in [0.5, 0.6) is 11.5 Å². The smallest absolute Gasteiger partial charge is 0.235 e. The second kappa shape index (κ2) is 9.67. The molecule has 8 heteroatoms. The van der Waals surface area contributed by atoms with E-state index in [1.807, 2.05) is 18.2 Å². The number of hydrogen-bond acceptors (Lipinski definition) is 7. The van der Waals surface area contributed by atoms with Gasteiger partial charge in [0, 0.05) is 37.8 Å². The quantitative estimate of drug-likeness (QED) is 0.451. The number of nitrogens with zero attached hydrogens (tertiary/aromatic N) is 1. The normalized spacial score (nSPS) is 19.9. The van der Waals surface area contributed by atoms with Gasteiger partial charge in [0.05, 0.1) is 11.6 Å². The van der Waals surface area contributed by atoms with E-state index >= 15 is 0 Å². The third kappa shape index (κ3) is 4.76. The molecule has 1 atom stereocenters. The summed E-state index contributed by atoms with van der Waals surface area (Å²) in [4.78, 5) is 26.0. The van der Waals surface area contributed by atoms with Crippen molar-refractivity contribution in [3.8, 4) is 11.5 Å². The first-order chi connectivity index (χ1) is 15.4. The van der Waals surface area contributed by atoms with Crippen LogP contribution in [-0.4, -0.2) is 67.0 Å². The number of ether oxygens (including phenoxy) is 2. The number of nitrogens with one attached hydrogen (secondary N) is 2. The third-order valence-corrected chi connectivity index (χ3v) is 6.35. The van der Waals surface area contributed by atoms with Gasteiger partial charge in [-0.1, -0.05) is 6.07 Å². The SMILES string of the molecule is CN(CCOc1ccc2c(C(=N)C3CCC(=O)NC3=O)c(O)ccc2c1)C1CCOCC1. The zero-order valence-corrected chi connectivity index (χ0v) is 18.2. The Kier molecular flexibility index (Phi) is 6.72. The van der Waals surface area contributed by atoms with Crippen molar-refractivity contribution in [2.45, 2.75) is 31.7 Å². The highest BCUT2D eigenvalue weighted by atomic mass is 16.5. The number of phenols is 1. The molecule has 0 aliphatic carbocycles. The lowest BCUT2D eigenvalue weighted by molar-refractivity contribution is -0.134. The van der Waals surface area contributed by atoms with Gasteiger partial charge in [-0.05, 0) is 61.3 Å². The Morgan fingerprint density at radius 2 is 2.00 bits per heavy atom. The van der Waals surface area contributed by atoms with E-state index < -0.39 is 11.8 Å². The summed E-state index contributed by atoms with van der Waals surface area (Å²) in [7, 11) is 2.11. The van der Waals surface area contributed by atoms with Crippen LogP contribution in [0.3, 0.4) is 0 Å². The summed E-state index contributed by atoms with van der Waals surface area (Å²) < 4.78 is 11.4. The number of phenolic OH excluding ortho intramolecular Hbond substituents is 1. The zero-order chi connectivity index (χ0) is 22.7. The number of rotatable bonds is 7. The van der Waals surface area contributed by atoms with Crippen molar-refractivity contribution in [2.75, 3.05) is 33.4 Å². The highest BCUT2D eigenvalue weighted by Crippen LogP contribution is 2.33. The van der Waals surface area contributed by atoms with E-state index in [-0.39, 0.29) is 30.2 Å². The van der Waals surface area contributed by atoms with Crippen molar-refractivity contribution in [3.63, 3.8) is 0 Å². The molecular weight excluding hydrogens is 410 g/mol. The first-order valence-corrected chi connectivity index (χ1v) is 11.0. The Hall–Kier alpha value is -2.97. The molecule has 1 unspecified atom stereocenters. The van der Waals surface area contributed by atoms with Gasteiger partial charge in [-0.3, -0.25) is 19.8 Å². The molecule has 3 N–H and O–H groups in total. The Balaban J connectivity index is 1.46. The Labute approximate surface area is 187 Å². The maximum absolute atomic E-state index is 12.2. The van der Waals surface area contributed by atoms with Gasteiger partial charge in [-0.2, -0.15) is 0 Å². The van der Waals surface area contributed by atoms with E-state index in [1.54, 1.807) is 6.07 Å². The average Bonchev–Trinajstić information content (AvgIpc) is 2.79. The van der Waals surface area contributed by atoms with Crippen molar-refractivity contribution < 1.29 is 24.2 Å². The summed E-state index contributed by atoms with van der Waals surface area (Å²) in [5.74, 6) is -0.927. The monoisotopic (exact) mass is 439 g/mol. The van der Waals surface area contributed by atoms with Crippen molar-refractivity contribution in [3.05, 3.63) is 35.9 Å². The van der Waals surface area contributed by atoms with Crippen LogP contribution in [0.1, 0.15) is 31.2 Å². The molecule has 2 aromatic rings. The molecule has 2 aliphatic heterocycles. The molecule has 0 bridgehead atoms. The Morgan fingerprint density at radius 1 is 1.22 bits per heavy atom. The number of piperidine rings is 1. The van der Waals surface area contributed by atoms with Crippen LogP contribution in [0.15, 0.2) is 30.3 Å². The summed E-state index contributed by atoms with van der Waals surface area (Å²) in [6, 6.07) is 9.32. The summed E-state index contributed by atoms with van der Waals surface area (Å²) in [6.07, 6.45) is 2.53. The third-order valence-electron chi connectivity index (χ3n) is 6.35. The summed E-state index contributed by atoms with van der Waals surface area (Å²) >= 11 is 0. The van der Waals surface area contributed by atoms with Crippen LogP contribution < -0.4 is 10.1 Å². The number of hydrogen-bond donors (Lipinski definition) is 3. The molecule has 0 spiro atoms. The van der Waals surface area contributed by atoms with Gasteiger partial charge < -0.3 is 20.0 Å². The number of benzene rings is 2. The van der Waals surface area contributed by atoms with Crippen molar-refractivity contribution in [1.82, 2.24) is 10.2 Å². The van der Waals surface area contributed by atoms with Crippen molar-refractivity contribution in [2.24, 2.45) is 5.92 Å². The fraction of sp³-hybridized carbons (Fsp3) is 0.458. The maximum Gasteiger partial charge on any atom is 0.235 e. The average molecular weight is 440 g/mol. The molecule has 170 valence electrons. The standard InChI is InChI=1S/C24H29N3O5/c1-27(16-8-11-31-12-9-16)10-13-32-17-3-4-18-15(14-17)2-6-20(28)22(18)23(25)19-5-7-21(29)26-24(19)30/h2-4,6,14,16,19,25,28H,5,7-13H2,1H3,(H,26,29,30). The fourth-order valence-electron chi connectivity index (χ4n) is 4.43. The lowest BCUT2D eigenvalue weighted by atomic mass is 9.86. The largest absolute Gasteiger partial charge is 0.507 e. The van der Waals surface area contributed by atoms with E-state index in [1.165, 1.54) is 6.07 Å². The first kappa shape index (κ1) is 22.2. The predicted molar refractivity (Wildman–Crippen MR) is 120 cm³/mol. The van der Waals surface area contributed by atoms with Crippen LogP contribution >= 0.6 is 0 Å². The lowest BCUT2D eigenvalue weighted by Crippen LogP contribution is -2.43. The second-order valence-electron chi connectivity index (χ2n) is 8.43. The molecule has 0 aromatic heterocycles. The molecule has 8 nitrogen and oxygen atoms in total. The van der Waals surface area contributed by atoms with Crippen molar-refractivity contribution >= 4 is 28.3 Å². The van der Waals surface area contributed by atoms with Crippen molar-refractivity contribution in [1.29, 1.82) is 5.41 Å². The molecule has 0 radical (unpaired) electrons. The lowest BCUT2D eigenvalue weighted by Gasteiger charge is -2.31. The van der Waals surface area contributed by atoms with E-state index in [9.17, 15) is 14.7 Å². The molecule has 2 amide bonds. The minimum atomic E-state index is -0.763. The molecule has 32 heavy (non-hydrogen) atoms. The predicted octanol–water partition coefficient (Wildman–Crippen LogP) is 2.46. The number of fused-ring (bicyclic) bond motifs is 1. The number of amides is 2. The summed E-state index contributed by atoms with van der Waals surface area (Å²) in [6.45, 7) is 2.98. The van der Waals surface area contributed by atoms with Gasteiger partial charge in [0.15, 0.2) is 0 Å². The first-order valence-electron chi connectivity index (χ1n) is 11.0. The van der Waals surface area contributed by atoms with Crippen LogP contribution in [0.25, 0.3) is 10.8 Å². The molecule has 2 aromatic carbocycles. The van der Waals surface area contributed by atoms with Crippen LogP contribution in [0.4, 0.5) is 0 Å². The minimum absolute atomic E-state index is 0.0184. The van der Waals surface area contributed by atoms with Crippen LogP contribution in [0, 0.1) is 11.3 Å².